The minimum Gasteiger partial charge on any atom is -0.479 e. The topological polar surface area (TPSA) is 70.7 Å². The Kier molecular flexibility index (Phi) is 5.69. The molecule has 5 rings (SSSR count). The molecule has 1 aliphatic rings. The lowest BCUT2D eigenvalue weighted by atomic mass is 9.91. The molecule has 0 saturated heterocycles. The third kappa shape index (κ3) is 4.09. The number of allylic oxidation sites excluding steroid dienone is 1. The van der Waals surface area contributed by atoms with Crippen LogP contribution in [-0.4, -0.2) is 36.4 Å². The van der Waals surface area contributed by atoms with E-state index in [0.29, 0.717) is 23.0 Å². The van der Waals surface area contributed by atoms with Crippen molar-refractivity contribution in [1.82, 2.24) is 29.3 Å². The van der Waals surface area contributed by atoms with E-state index in [-0.39, 0.29) is 5.92 Å². The van der Waals surface area contributed by atoms with Crippen LogP contribution in [-0.2, 0) is 6.54 Å². The molecule has 0 N–H and O–H groups in total. The van der Waals surface area contributed by atoms with Crippen LogP contribution in [0.2, 0.25) is 0 Å². The largest absolute Gasteiger partial charge is 0.479 e. The van der Waals surface area contributed by atoms with Crippen LogP contribution in [0.25, 0.3) is 17.3 Å². The second kappa shape index (κ2) is 8.81. The van der Waals surface area contributed by atoms with Crippen LogP contribution in [0.3, 0.4) is 0 Å². The lowest BCUT2D eigenvalue weighted by Gasteiger charge is -2.22. The molecule has 0 radical (unpaired) electrons. The highest BCUT2D eigenvalue weighted by atomic mass is 19.2. The summed E-state index contributed by atoms with van der Waals surface area (Å²) in [6, 6.07) is 7.87. The molecule has 4 aromatic rings. The Morgan fingerprint density at radius 3 is 2.74 bits per heavy atom. The van der Waals surface area contributed by atoms with E-state index in [1.165, 1.54) is 12.1 Å². The van der Waals surface area contributed by atoms with Crippen LogP contribution in [0.5, 0.6) is 5.88 Å². The molecule has 34 heavy (non-hydrogen) atoms. The van der Waals surface area contributed by atoms with Gasteiger partial charge < -0.3 is 9.30 Å². The average Bonchev–Trinajstić information content (AvgIpc) is 3.47. The number of imidazole rings is 1. The standard InChI is InChI=1S/C25H24F2N6O/c1-15(11-18-7-9-22(25(29-18)34-3)32-13-16(2)28-14-32)23-30-24-19(5-4-10-33(24)31-23)17-6-8-20(26)21(27)12-17/h6-9,11-14,19H,4-5,10H2,1-3H3. The zero-order chi connectivity index (χ0) is 23.8. The zero-order valence-electron chi connectivity index (χ0n) is 19.2. The van der Waals surface area contributed by atoms with E-state index in [9.17, 15) is 8.78 Å². The van der Waals surface area contributed by atoms with Gasteiger partial charge in [0.25, 0.3) is 0 Å². The number of methoxy groups -OCH3 is 1. The summed E-state index contributed by atoms with van der Waals surface area (Å²) in [5, 5.41) is 4.67. The number of aromatic nitrogens is 6. The molecule has 1 aliphatic heterocycles. The van der Waals surface area contributed by atoms with E-state index in [1.807, 2.05) is 47.5 Å². The minimum atomic E-state index is -0.849. The number of pyridine rings is 1. The molecule has 4 heterocycles. The first-order valence-corrected chi connectivity index (χ1v) is 11.1. The molecular formula is C25H24F2N6O. The Bertz CT molecular complexity index is 1390. The molecule has 0 spiro atoms. The van der Waals surface area contributed by atoms with Gasteiger partial charge in [-0.15, -0.1) is 0 Å². The van der Waals surface area contributed by atoms with Gasteiger partial charge in [0, 0.05) is 18.7 Å². The number of rotatable bonds is 5. The SMILES string of the molecule is COc1nc(C=C(C)c2nc3n(n2)CCCC3c2ccc(F)c(F)c2)ccc1-n1cnc(C)c1. The van der Waals surface area contributed by atoms with Crippen molar-refractivity contribution in [2.24, 2.45) is 0 Å². The molecule has 0 bridgehead atoms. The molecule has 3 aromatic heterocycles. The summed E-state index contributed by atoms with van der Waals surface area (Å²) < 4.78 is 36.5. The van der Waals surface area contributed by atoms with Gasteiger partial charge in [-0.1, -0.05) is 6.07 Å². The van der Waals surface area contributed by atoms with Crippen molar-refractivity contribution < 1.29 is 13.5 Å². The van der Waals surface area contributed by atoms with Gasteiger partial charge in [-0.05, 0) is 68.2 Å². The van der Waals surface area contributed by atoms with Crippen molar-refractivity contribution in [2.45, 2.75) is 39.2 Å². The van der Waals surface area contributed by atoms with Gasteiger partial charge in [0.05, 0.1) is 24.8 Å². The maximum Gasteiger partial charge on any atom is 0.238 e. The first-order valence-electron chi connectivity index (χ1n) is 11.1. The predicted octanol–water partition coefficient (Wildman–Crippen LogP) is 4.94. The fraction of sp³-hybridized carbons (Fsp3) is 0.280. The Morgan fingerprint density at radius 2 is 2.00 bits per heavy atom. The van der Waals surface area contributed by atoms with Crippen molar-refractivity contribution in [3.05, 3.63) is 83.1 Å². The minimum absolute atomic E-state index is 0.131. The summed E-state index contributed by atoms with van der Waals surface area (Å²) in [5.41, 5.74) is 3.95. The highest BCUT2D eigenvalue weighted by molar-refractivity contribution is 5.76. The van der Waals surface area contributed by atoms with E-state index in [2.05, 4.69) is 15.1 Å². The van der Waals surface area contributed by atoms with Crippen LogP contribution in [0.1, 0.15) is 54.3 Å². The van der Waals surface area contributed by atoms with Crippen LogP contribution in [0.15, 0.2) is 42.9 Å². The van der Waals surface area contributed by atoms with Crippen molar-refractivity contribution >= 4 is 11.6 Å². The summed E-state index contributed by atoms with van der Waals surface area (Å²) in [4.78, 5) is 13.6. The van der Waals surface area contributed by atoms with Crippen molar-refractivity contribution in [3.63, 3.8) is 0 Å². The summed E-state index contributed by atoms with van der Waals surface area (Å²) in [6.45, 7) is 4.58. The number of nitrogens with zero attached hydrogens (tertiary/aromatic N) is 6. The van der Waals surface area contributed by atoms with Gasteiger partial charge >= 0.3 is 0 Å². The first-order chi connectivity index (χ1) is 16.4. The smallest absolute Gasteiger partial charge is 0.238 e. The van der Waals surface area contributed by atoms with Crippen LogP contribution in [0.4, 0.5) is 8.78 Å². The predicted molar refractivity (Wildman–Crippen MR) is 124 cm³/mol. The number of aryl methyl sites for hydroxylation is 2. The molecule has 0 saturated carbocycles. The third-order valence-electron chi connectivity index (χ3n) is 5.98. The molecule has 174 valence electrons. The van der Waals surface area contributed by atoms with Crippen LogP contribution in [0, 0.1) is 18.6 Å². The Hall–Kier alpha value is -3.88. The maximum absolute atomic E-state index is 13.8. The number of halogens is 2. The second-order valence-corrected chi connectivity index (χ2v) is 8.40. The van der Waals surface area contributed by atoms with Crippen molar-refractivity contribution in [3.8, 4) is 11.6 Å². The molecule has 0 aliphatic carbocycles. The molecular weight excluding hydrogens is 438 g/mol. The molecule has 1 unspecified atom stereocenters. The molecule has 1 aromatic carbocycles. The van der Waals surface area contributed by atoms with Gasteiger partial charge in [0.1, 0.15) is 11.5 Å². The summed E-state index contributed by atoms with van der Waals surface area (Å²) in [5.74, 6) is -0.00297. The number of ether oxygens (including phenoxy) is 1. The van der Waals surface area contributed by atoms with Crippen molar-refractivity contribution in [1.29, 1.82) is 0 Å². The van der Waals surface area contributed by atoms with Crippen LogP contribution >= 0.6 is 0 Å². The Labute approximate surface area is 195 Å². The zero-order valence-corrected chi connectivity index (χ0v) is 19.2. The third-order valence-corrected chi connectivity index (χ3v) is 5.98. The van der Waals surface area contributed by atoms with Gasteiger partial charge in [0.2, 0.25) is 5.88 Å². The summed E-state index contributed by atoms with van der Waals surface area (Å²) in [6.07, 6.45) is 7.22. The van der Waals surface area contributed by atoms with E-state index in [0.717, 1.165) is 42.2 Å². The number of fused-ring (bicyclic) bond motifs is 1. The van der Waals surface area contributed by atoms with Crippen LogP contribution < -0.4 is 4.74 Å². The average molecular weight is 463 g/mol. The molecule has 9 heteroatoms. The van der Waals surface area contributed by atoms with Gasteiger partial charge in [0.15, 0.2) is 17.5 Å². The molecule has 0 amide bonds. The fourth-order valence-corrected chi connectivity index (χ4v) is 4.28. The molecule has 1 atom stereocenters. The van der Waals surface area contributed by atoms with E-state index in [4.69, 9.17) is 9.72 Å². The first kappa shape index (κ1) is 21.9. The normalized spacial score (nSPS) is 15.9. The van der Waals surface area contributed by atoms with Gasteiger partial charge in [-0.3, -0.25) is 0 Å². The Balaban J connectivity index is 1.45. The van der Waals surface area contributed by atoms with Gasteiger partial charge in [-0.2, -0.15) is 5.10 Å². The molecule has 7 nitrogen and oxygen atoms in total. The highest BCUT2D eigenvalue weighted by Gasteiger charge is 2.27. The van der Waals surface area contributed by atoms with E-state index in [1.54, 1.807) is 19.5 Å². The summed E-state index contributed by atoms with van der Waals surface area (Å²) >= 11 is 0. The highest BCUT2D eigenvalue weighted by Crippen LogP contribution is 2.33. The lowest BCUT2D eigenvalue weighted by Crippen LogP contribution is -2.18. The number of benzene rings is 1. The van der Waals surface area contributed by atoms with E-state index >= 15 is 0 Å². The number of hydrogen-bond acceptors (Lipinski definition) is 5. The van der Waals surface area contributed by atoms with E-state index < -0.39 is 11.6 Å². The fourth-order valence-electron chi connectivity index (χ4n) is 4.28. The lowest BCUT2D eigenvalue weighted by molar-refractivity contribution is 0.395. The maximum atomic E-state index is 13.8. The Morgan fingerprint density at radius 1 is 1.15 bits per heavy atom. The van der Waals surface area contributed by atoms with Gasteiger partial charge in [-0.25, -0.2) is 28.4 Å². The molecule has 0 fully saturated rings. The number of hydrogen-bond donors (Lipinski definition) is 0. The quantitative estimate of drug-likeness (QED) is 0.420. The van der Waals surface area contributed by atoms with Crippen molar-refractivity contribution in [2.75, 3.05) is 7.11 Å². The summed E-state index contributed by atoms with van der Waals surface area (Å²) in [7, 11) is 1.58. The second-order valence-electron chi connectivity index (χ2n) is 8.40. The monoisotopic (exact) mass is 462 g/mol.